The van der Waals surface area contributed by atoms with Gasteiger partial charge in [-0.05, 0) is 26.0 Å². The number of quaternary nitrogens is 1. The molecule has 1 aromatic rings. The molecular formula is C18H27ClN3O4S+. The number of nitrogens with zero attached hydrogens (tertiary/aromatic N) is 2. The lowest BCUT2D eigenvalue weighted by molar-refractivity contribution is -0.896. The Bertz CT molecular complexity index is 771. The van der Waals surface area contributed by atoms with Gasteiger partial charge in [0, 0.05) is 13.1 Å². The molecular weight excluding hydrogens is 390 g/mol. The molecule has 0 aliphatic carbocycles. The van der Waals surface area contributed by atoms with E-state index in [1.165, 1.54) is 10.4 Å². The third kappa shape index (κ3) is 4.81. The summed E-state index contributed by atoms with van der Waals surface area (Å²) in [6.07, 6.45) is 0.0932. The second kappa shape index (κ2) is 8.45. The Morgan fingerprint density at radius 1 is 1.19 bits per heavy atom. The van der Waals surface area contributed by atoms with Crippen LogP contribution in [0.1, 0.15) is 13.8 Å². The Kier molecular flexibility index (Phi) is 6.43. The normalized spacial score (nSPS) is 25.5. The Morgan fingerprint density at radius 2 is 1.78 bits per heavy atom. The Morgan fingerprint density at radius 3 is 2.37 bits per heavy atom. The van der Waals surface area contributed by atoms with E-state index in [0.717, 1.165) is 4.90 Å². The van der Waals surface area contributed by atoms with Crippen molar-refractivity contribution in [3.8, 4) is 0 Å². The maximum Gasteiger partial charge on any atom is 0.277 e. The Labute approximate surface area is 165 Å². The van der Waals surface area contributed by atoms with Crippen molar-refractivity contribution in [3.05, 3.63) is 29.3 Å². The highest BCUT2D eigenvalue weighted by atomic mass is 35.5. The van der Waals surface area contributed by atoms with Gasteiger partial charge in [-0.15, -0.1) is 0 Å². The summed E-state index contributed by atoms with van der Waals surface area (Å²) in [6, 6.07) is 6.49. The van der Waals surface area contributed by atoms with E-state index < -0.39 is 10.0 Å². The first-order valence-corrected chi connectivity index (χ1v) is 11.1. The van der Waals surface area contributed by atoms with Crippen molar-refractivity contribution in [3.63, 3.8) is 0 Å². The van der Waals surface area contributed by atoms with Gasteiger partial charge in [0.15, 0.2) is 6.54 Å². The van der Waals surface area contributed by atoms with Gasteiger partial charge in [-0.25, -0.2) is 8.42 Å². The van der Waals surface area contributed by atoms with Crippen molar-refractivity contribution in [2.45, 2.75) is 31.0 Å². The summed E-state index contributed by atoms with van der Waals surface area (Å²) >= 11 is 6.06. The molecule has 1 amide bonds. The van der Waals surface area contributed by atoms with Crippen LogP contribution in [-0.4, -0.2) is 81.6 Å². The van der Waals surface area contributed by atoms with Crippen LogP contribution >= 0.6 is 11.6 Å². The van der Waals surface area contributed by atoms with E-state index in [9.17, 15) is 13.2 Å². The van der Waals surface area contributed by atoms with Crippen LogP contribution in [0.2, 0.25) is 5.02 Å². The van der Waals surface area contributed by atoms with E-state index in [1.54, 1.807) is 18.2 Å². The first-order valence-electron chi connectivity index (χ1n) is 9.29. The topological polar surface area (TPSA) is 71.4 Å². The van der Waals surface area contributed by atoms with Gasteiger partial charge in [-0.1, -0.05) is 23.7 Å². The van der Waals surface area contributed by atoms with Gasteiger partial charge in [0.1, 0.15) is 4.90 Å². The molecule has 2 fully saturated rings. The number of amides is 1. The molecule has 0 radical (unpaired) electrons. The van der Waals surface area contributed by atoms with E-state index in [0.29, 0.717) is 45.8 Å². The monoisotopic (exact) mass is 416 g/mol. The number of morpholine rings is 1. The maximum absolute atomic E-state index is 12.8. The molecule has 9 heteroatoms. The number of halogens is 1. The van der Waals surface area contributed by atoms with Crippen molar-refractivity contribution < 1.29 is 22.8 Å². The van der Waals surface area contributed by atoms with Gasteiger partial charge >= 0.3 is 0 Å². The first-order chi connectivity index (χ1) is 12.8. The molecule has 0 unspecified atom stereocenters. The zero-order valence-corrected chi connectivity index (χ0v) is 17.3. The second-order valence-electron chi connectivity index (χ2n) is 7.32. The van der Waals surface area contributed by atoms with Crippen molar-refractivity contribution in [1.29, 1.82) is 0 Å². The fraction of sp³-hybridized carbons (Fsp3) is 0.611. The largest absolute Gasteiger partial charge is 0.372 e. The molecule has 0 aromatic heterocycles. The molecule has 0 bridgehead atoms. The number of nitrogens with one attached hydrogen (secondary N) is 1. The van der Waals surface area contributed by atoms with Crippen LogP contribution in [-0.2, 0) is 19.6 Å². The molecule has 27 heavy (non-hydrogen) atoms. The summed E-state index contributed by atoms with van der Waals surface area (Å²) in [7, 11) is -3.60. The lowest BCUT2D eigenvalue weighted by Gasteiger charge is -2.37. The van der Waals surface area contributed by atoms with Crippen LogP contribution in [0.3, 0.4) is 0 Å². The summed E-state index contributed by atoms with van der Waals surface area (Å²) < 4.78 is 32.7. The molecule has 2 saturated heterocycles. The number of carbonyl (C=O) groups excluding carboxylic acids is 1. The summed E-state index contributed by atoms with van der Waals surface area (Å²) in [4.78, 5) is 15.7. The average molecular weight is 417 g/mol. The third-order valence-electron chi connectivity index (χ3n) is 5.06. The van der Waals surface area contributed by atoms with Crippen LogP contribution in [0.25, 0.3) is 0 Å². The minimum absolute atomic E-state index is 0.0466. The number of rotatable bonds is 4. The van der Waals surface area contributed by atoms with Crippen LogP contribution in [0.15, 0.2) is 29.2 Å². The lowest BCUT2D eigenvalue weighted by Crippen LogP contribution is -3.15. The molecule has 0 saturated carbocycles. The van der Waals surface area contributed by atoms with Gasteiger partial charge < -0.3 is 14.5 Å². The maximum atomic E-state index is 12.8. The van der Waals surface area contributed by atoms with Gasteiger partial charge in [0.25, 0.3) is 5.91 Å². The number of ether oxygens (including phenoxy) is 1. The Balaban J connectivity index is 1.56. The van der Waals surface area contributed by atoms with E-state index in [2.05, 4.69) is 0 Å². The highest BCUT2D eigenvalue weighted by Crippen LogP contribution is 2.24. The van der Waals surface area contributed by atoms with Crippen LogP contribution < -0.4 is 4.90 Å². The zero-order chi connectivity index (χ0) is 19.6. The van der Waals surface area contributed by atoms with E-state index >= 15 is 0 Å². The minimum Gasteiger partial charge on any atom is -0.372 e. The van der Waals surface area contributed by atoms with E-state index in [-0.39, 0.29) is 28.0 Å². The van der Waals surface area contributed by atoms with Gasteiger partial charge in [0.2, 0.25) is 10.0 Å². The number of carbonyl (C=O) groups is 1. The molecule has 0 spiro atoms. The van der Waals surface area contributed by atoms with E-state index in [1.807, 2.05) is 18.7 Å². The number of piperazine rings is 1. The second-order valence-corrected chi connectivity index (χ2v) is 9.63. The molecule has 2 aliphatic heterocycles. The van der Waals surface area contributed by atoms with Gasteiger partial charge in [-0.2, -0.15) is 4.31 Å². The summed E-state index contributed by atoms with van der Waals surface area (Å²) in [5.74, 6) is 0.106. The number of sulfonamides is 1. The van der Waals surface area contributed by atoms with Gasteiger partial charge in [0.05, 0.1) is 43.4 Å². The fourth-order valence-electron chi connectivity index (χ4n) is 3.72. The zero-order valence-electron chi connectivity index (χ0n) is 15.7. The molecule has 2 heterocycles. The Hall–Kier alpha value is -1.19. The predicted molar refractivity (Wildman–Crippen MR) is 102 cm³/mol. The molecule has 150 valence electrons. The van der Waals surface area contributed by atoms with Crippen LogP contribution in [0.4, 0.5) is 0 Å². The molecule has 2 aliphatic rings. The molecule has 1 N–H and O–H groups in total. The highest BCUT2D eigenvalue weighted by molar-refractivity contribution is 7.89. The van der Waals surface area contributed by atoms with E-state index in [4.69, 9.17) is 16.3 Å². The first kappa shape index (κ1) is 20.5. The summed E-state index contributed by atoms with van der Waals surface area (Å²) in [6.45, 7) is 7.53. The smallest absolute Gasteiger partial charge is 0.277 e. The number of benzene rings is 1. The highest BCUT2D eigenvalue weighted by Gasteiger charge is 2.34. The SMILES string of the molecule is C[C@H]1CN(C(=O)C[NH+]2CCN(S(=O)(=O)c3ccccc3Cl)CC2)C[C@H](C)O1. The van der Waals surface area contributed by atoms with Crippen molar-refractivity contribution in [1.82, 2.24) is 9.21 Å². The average Bonchev–Trinajstić information content (AvgIpc) is 2.61. The molecule has 2 atom stereocenters. The van der Waals surface area contributed by atoms with Crippen molar-refractivity contribution in [2.24, 2.45) is 0 Å². The van der Waals surface area contributed by atoms with Crippen molar-refractivity contribution in [2.75, 3.05) is 45.8 Å². The predicted octanol–water partition coefficient (Wildman–Crippen LogP) is -0.135. The minimum atomic E-state index is -3.60. The number of hydrogen-bond acceptors (Lipinski definition) is 4. The lowest BCUT2D eigenvalue weighted by atomic mass is 10.2. The van der Waals surface area contributed by atoms with Crippen LogP contribution in [0.5, 0.6) is 0 Å². The summed E-state index contributed by atoms with van der Waals surface area (Å²) in [5.41, 5.74) is 0. The van der Waals surface area contributed by atoms with Gasteiger partial charge in [-0.3, -0.25) is 4.79 Å². The molecule has 7 nitrogen and oxygen atoms in total. The fourth-order valence-corrected chi connectivity index (χ4v) is 5.65. The summed E-state index contributed by atoms with van der Waals surface area (Å²) in [5, 5.41) is 0.234. The van der Waals surface area contributed by atoms with Crippen molar-refractivity contribution >= 4 is 27.5 Å². The third-order valence-corrected chi connectivity index (χ3v) is 7.46. The quantitative estimate of drug-likeness (QED) is 0.742. The van der Waals surface area contributed by atoms with Crippen LogP contribution in [0, 0.1) is 0 Å². The number of hydrogen-bond donors (Lipinski definition) is 1. The molecule has 3 rings (SSSR count). The molecule has 1 aromatic carbocycles. The standard InChI is InChI=1S/C18H26ClN3O4S/c1-14-11-21(12-15(2)26-14)18(23)13-20-7-9-22(10-8-20)27(24,25)17-6-4-3-5-16(17)19/h3-6,14-15H,7-13H2,1-2H3/p+1/t14-,15-/m0/s1.